The van der Waals surface area contributed by atoms with Crippen molar-refractivity contribution in [3.8, 4) is 0 Å². The molecule has 1 rings (SSSR count). The van der Waals surface area contributed by atoms with Crippen LogP contribution in [0.3, 0.4) is 0 Å². The minimum absolute atomic E-state index is 0.628. The van der Waals surface area contributed by atoms with Crippen LogP contribution in [0.2, 0.25) is 0 Å². The summed E-state index contributed by atoms with van der Waals surface area (Å²) in [5.74, 6) is 0.677. The van der Waals surface area contributed by atoms with E-state index >= 15 is 0 Å². The quantitative estimate of drug-likeness (QED) is 0.283. The summed E-state index contributed by atoms with van der Waals surface area (Å²) in [4.78, 5) is 4.88. The molecule has 90 valence electrons. The molecule has 0 aliphatic carbocycles. The van der Waals surface area contributed by atoms with Gasteiger partial charge in [-0.15, -0.1) is 0 Å². The van der Waals surface area contributed by atoms with E-state index in [-0.39, 0.29) is 0 Å². The van der Waals surface area contributed by atoms with E-state index in [0.29, 0.717) is 19.2 Å². The third-order valence-corrected chi connectivity index (χ3v) is 2.47. The fraction of sp³-hybridized carbons (Fsp3) is 0.889. The maximum atomic E-state index is 8.53. The van der Waals surface area contributed by atoms with Crippen LogP contribution < -0.4 is 0 Å². The summed E-state index contributed by atoms with van der Waals surface area (Å²) in [7, 11) is 3.32. The Morgan fingerprint density at radius 3 is 2.81 bits per heavy atom. The normalized spacial score (nSPS) is 15.5. The molecule has 16 heavy (non-hydrogen) atoms. The van der Waals surface area contributed by atoms with Crippen LogP contribution in [0, 0.1) is 0 Å². The first kappa shape index (κ1) is 12.8. The smallest absolute Gasteiger partial charge is 0.283 e. The molecule has 0 saturated carbocycles. The second-order valence-corrected chi connectivity index (χ2v) is 3.45. The van der Waals surface area contributed by atoms with Gasteiger partial charge in [-0.05, 0) is 5.53 Å². The highest BCUT2D eigenvalue weighted by atomic mass is 16.5. The van der Waals surface area contributed by atoms with Crippen molar-refractivity contribution in [1.29, 1.82) is 0 Å². The van der Waals surface area contributed by atoms with Gasteiger partial charge in [-0.3, -0.25) is 9.48 Å². The Morgan fingerprint density at radius 1 is 1.44 bits per heavy atom. The highest BCUT2D eigenvalue weighted by Gasteiger charge is 2.25. The van der Waals surface area contributed by atoms with E-state index in [1.165, 1.54) is 0 Å². The predicted molar refractivity (Wildman–Crippen MR) is 59.5 cm³/mol. The van der Waals surface area contributed by atoms with Crippen LogP contribution >= 0.6 is 0 Å². The van der Waals surface area contributed by atoms with Gasteiger partial charge in [0.1, 0.15) is 0 Å². The Balaban J connectivity index is 2.66. The molecule has 0 aromatic rings. The monoisotopic (exact) mass is 228 g/mol. The number of methoxy groups -OCH3 is 2. The molecule has 1 heterocycles. The zero-order chi connectivity index (χ0) is 11.8. The molecule has 7 heteroatoms. The second-order valence-electron chi connectivity index (χ2n) is 3.45. The van der Waals surface area contributed by atoms with Gasteiger partial charge in [0.25, 0.3) is 5.96 Å². The Hall–Kier alpha value is -1.30. The first-order valence-corrected chi connectivity index (χ1v) is 5.23. The molecule has 0 atom stereocenters. The molecule has 0 saturated heterocycles. The molecule has 0 N–H and O–H groups in total. The molecule has 0 radical (unpaired) electrons. The van der Waals surface area contributed by atoms with Crippen LogP contribution in [0.5, 0.6) is 0 Å². The highest BCUT2D eigenvalue weighted by Crippen LogP contribution is 2.03. The third kappa shape index (κ3) is 3.37. The van der Waals surface area contributed by atoms with E-state index in [1.54, 1.807) is 14.2 Å². The average Bonchev–Trinajstić information content (AvgIpc) is 2.67. The van der Waals surface area contributed by atoms with Gasteiger partial charge in [-0.2, -0.15) is 0 Å². The molecule has 0 fully saturated rings. The summed E-state index contributed by atoms with van der Waals surface area (Å²) >= 11 is 0. The van der Waals surface area contributed by atoms with Crippen molar-refractivity contribution in [2.75, 3.05) is 53.6 Å². The topological polar surface area (TPSA) is 73.5 Å². The van der Waals surface area contributed by atoms with E-state index in [9.17, 15) is 0 Å². The first-order chi connectivity index (χ1) is 7.83. The molecule has 0 aromatic carbocycles. The van der Waals surface area contributed by atoms with Gasteiger partial charge in [0.15, 0.2) is 0 Å². The van der Waals surface area contributed by atoms with Gasteiger partial charge in [-0.1, -0.05) is 0 Å². The van der Waals surface area contributed by atoms with E-state index in [0.717, 1.165) is 26.2 Å². The SMILES string of the molecule is COCCN1CC[N+](CCOC)=C1N=[N+]=[N-]. The lowest BCUT2D eigenvalue weighted by Gasteiger charge is -2.11. The lowest BCUT2D eigenvalue weighted by molar-refractivity contribution is -0.521. The molecule has 0 amide bonds. The lowest BCUT2D eigenvalue weighted by atomic mass is 10.5. The number of azide groups is 1. The lowest BCUT2D eigenvalue weighted by Crippen LogP contribution is -2.31. The fourth-order valence-electron chi connectivity index (χ4n) is 1.63. The molecule has 0 aromatic heterocycles. The number of hydrogen-bond donors (Lipinski definition) is 0. The Labute approximate surface area is 94.9 Å². The number of rotatable bonds is 6. The van der Waals surface area contributed by atoms with Crippen molar-refractivity contribution in [2.24, 2.45) is 5.11 Å². The van der Waals surface area contributed by atoms with Gasteiger partial charge in [-0.25, -0.2) is 0 Å². The van der Waals surface area contributed by atoms with Gasteiger partial charge >= 0.3 is 0 Å². The number of guanidine groups is 1. The van der Waals surface area contributed by atoms with Crippen LogP contribution in [0.1, 0.15) is 0 Å². The van der Waals surface area contributed by atoms with Crippen molar-refractivity contribution < 1.29 is 14.0 Å². The average molecular weight is 228 g/mol. The summed E-state index contributed by atoms with van der Waals surface area (Å²) in [6, 6.07) is 0. The molecule has 1 aliphatic heterocycles. The number of ether oxygens (including phenoxy) is 2. The molecular formula is C9H18N5O2+. The Morgan fingerprint density at radius 2 is 2.19 bits per heavy atom. The number of nitrogens with zero attached hydrogens (tertiary/aromatic N) is 5. The number of hydrogen-bond acceptors (Lipinski definition) is 4. The zero-order valence-corrected chi connectivity index (χ0v) is 9.80. The standard InChI is InChI=1S/C9H18N5O2/c1-15-7-5-13-3-4-14(6-8-16-2)9(13)11-12-10/h3-8H2,1-2H3/q+1. The van der Waals surface area contributed by atoms with E-state index < -0.39 is 0 Å². The molecule has 1 aliphatic rings. The van der Waals surface area contributed by atoms with Gasteiger partial charge in [0.05, 0.1) is 39.4 Å². The molecule has 0 unspecified atom stereocenters. The summed E-state index contributed by atoms with van der Waals surface area (Å²) in [5, 5.41) is 3.73. The van der Waals surface area contributed by atoms with Crippen molar-refractivity contribution >= 4 is 5.96 Å². The van der Waals surface area contributed by atoms with Crippen LogP contribution in [-0.4, -0.2) is 69.0 Å². The van der Waals surface area contributed by atoms with Crippen LogP contribution in [0.15, 0.2) is 5.11 Å². The van der Waals surface area contributed by atoms with Crippen LogP contribution in [0.4, 0.5) is 0 Å². The molecule has 0 spiro atoms. The van der Waals surface area contributed by atoms with E-state index in [2.05, 4.69) is 10.0 Å². The van der Waals surface area contributed by atoms with E-state index in [4.69, 9.17) is 15.0 Å². The minimum Gasteiger partial charge on any atom is -0.381 e. The summed E-state index contributed by atoms with van der Waals surface area (Å²) in [6.07, 6.45) is 0. The Bertz CT molecular complexity index is 298. The molecular weight excluding hydrogens is 210 g/mol. The Kier molecular flexibility index (Phi) is 5.63. The van der Waals surface area contributed by atoms with Crippen LogP contribution in [-0.2, 0) is 9.47 Å². The highest BCUT2D eigenvalue weighted by molar-refractivity contribution is 5.76. The van der Waals surface area contributed by atoms with Crippen molar-refractivity contribution in [3.05, 3.63) is 10.4 Å². The van der Waals surface area contributed by atoms with E-state index in [1.807, 2.05) is 9.48 Å². The van der Waals surface area contributed by atoms with Crippen molar-refractivity contribution in [1.82, 2.24) is 4.90 Å². The summed E-state index contributed by atoms with van der Waals surface area (Å²) < 4.78 is 12.1. The second kappa shape index (κ2) is 7.05. The predicted octanol–water partition coefficient (Wildman–Crippen LogP) is 0.274. The largest absolute Gasteiger partial charge is 0.381 e. The fourth-order valence-corrected chi connectivity index (χ4v) is 1.63. The van der Waals surface area contributed by atoms with Crippen molar-refractivity contribution in [2.45, 2.75) is 0 Å². The first-order valence-electron chi connectivity index (χ1n) is 5.23. The maximum Gasteiger partial charge on any atom is 0.283 e. The molecule has 0 bridgehead atoms. The van der Waals surface area contributed by atoms with Crippen LogP contribution in [0.25, 0.3) is 10.4 Å². The van der Waals surface area contributed by atoms with Crippen molar-refractivity contribution in [3.63, 3.8) is 0 Å². The van der Waals surface area contributed by atoms with Gasteiger partial charge in [0, 0.05) is 24.2 Å². The molecule has 7 nitrogen and oxygen atoms in total. The summed E-state index contributed by atoms with van der Waals surface area (Å²) in [6.45, 7) is 4.47. The maximum absolute atomic E-state index is 8.53. The summed E-state index contributed by atoms with van der Waals surface area (Å²) in [5.41, 5.74) is 8.53. The van der Waals surface area contributed by atoms with Gasteiger partial charge in [0.2, 0.25) is 0 Å². The third-order valence-electron chi connectivity index (χ3n) is 2.47. The minimum atomic E-state index is 0.628. The zero-order valence-electron chi connectivity index (χ0n) is 9.80. The van der Waals surface area contributed by atoms with Gasteiger partial charge < -0.3 is 9.47 Å².